The molecule has 0 radical (unpaired) electrons. The molecular formula is C20H22FN5O3S3. The van der Waals surface area contributed by atoms with Crippen LogP contribution in [0.4, 0.5) is 15.2 Å². The second kappa shape index (κ2) is 10.4. The maximum Gasteiger partial charge on any atom is 0.303 e. The zero-order chi connectivity index (χ0) is 23.3. The molecule has 32 heavy (non-hydrogen) atoms. The van der Waals surface area contributed by atoms with Crippen molar-refractivity contribution < 1.29 is 17.6 Å². The van der Waals surface area contributed by atoms with E-state index in [1.54, 1.807) is 30.3 Å². The maximum absolute atomic E-state index is 14.4. The number of carbonyl (C=O) groups excluding carboxylic acids is 1. The van der Waals surface area contributed by atoms with Gasteiger partial charge in [0.2, 0.25) is 5.13 Å². The summed E-state index contributed by atoms with van der Waals surface area (Å²) in [5, 5.41) is 11.0. The molecule has 1 aromatic heterocycles. The van der Waals surface area contributed by atoms with Crippen LogP contribution in [0.15, 0.2) is 52.9 Å². The SMILES string of the molecule is CCSc1nnc(NC(=O)c2ccc(CN(c3ccccc3F)S(=O)(=O)N(C)C)cc2)s1. The van der Waals surface area contributed by atoms with E-state index in [0.717, 1.165) is 18.7 Å². The molecule has 1 heterocycles. The van der Waals surface area contributed by atoms with E-state index in [-0.39, 0.29) is 18.1 Å². The number of benzene rings is 2. The van der Waals surface area contributed by atoms with Crippen molar-refractivity contribution in [1.29, 1.82) is 0 Å². The summed E-state index contributed by atoms with van der Waals surface area (Å²) in [6.07, 6.45) is 0. The van der Waals surface area contributed by atoms with Crippen LogP contribution in [0.3, 0.4) is 0 Å². The number of amides is 1. The van der Waals surface area contributed by atoms with Crippen molar-refractivity contribution in [2.24, 2.45) is 0 Å². The summed E-state index contributed by atoms with van der Waals surface area (Å²) in [4.78, 5) is 12.5. The number of nitrogens with one attached hydrogen (secondary N) is 1. The highest BCUT2D eigenvalue weighted by molar-refractivity contribution is 8.01. The van der Waals surface area contributed by atoms with Crippen LogP contribution in [0, 0.1) is 5.82 Å². The molecule has 1 amide bonds. The molecule has 0 aliphatic rings. The zero-order valence-electron chi connectivity index (χ0n) is 17.6. The zero-order valence-corrected chi connectivity index (χ0v) is 20.1. The van der Waals surface area contributed by atoms with Crippen LogP contribution in [0.1, 0.15) is 22.8 Å². The van der Waals surface area contributed by atoms with Crippen molar-refractivity contribution in [1.82, 2.24) is 14.5 Å². The van der Waals surface area contributed by atoms with Crippen LogP contribution in [-0.4, -0.2) is 48.7 Å². The Bertz CT molecular complexity index is 1180. The molecule has 0 aliphatic heterocycles. The standard InChI is InChI=1S/C20H22FN5O3S3/c1-4-30-20-24-23-19(31-20)22-18(27)15-11-9-14(10-12-15)13-26(32(28,29)25(2)3)17-8-6-5-7-16(17)21/h5-12H,4,13H2,1-3H3,(H,22,23,27). The maximum atomic E-state index is 14.4. The third-order valence-electron chi connectivity index (χ3n) is 4.30. The molecule has 170 valence electrons. The number of hydrogen-bond acceptors (Lipinski definition) is 7. The molecule has 0 atom stereocenters. The number of thioether (sulfide) groups is 1. The fourth-order valence-corrected chi connectivity index (χ4v) is 5.43. The van der Waals surface area contributed by atoms with Gasteiger partial charge in [-0.3, -0.25) is 14.4 Å². The number of hydrogen-bond donors (Lipinski definition) is 1. The Morgan fingerprint density at radius 3 is 2.44 bits per heavy atom. The Labute approximate surface area is 194 Å². The minimum Gasteiger partial charge on any atom is -0.296 e. The highest BCUT2D eigenvalue weighted by atomic mass is 32.2. The van der Waals surface area contributed by atoms with Crippen LogP contribution >= 0.6 is 23.1 Å². The summed E-state index contributed by atoms with van der Waals surface area (Å²) in [5.41, 5.74) is 0.911. The van der Waals surface area contributed by atoms with Gasteiger partial charge in [0.05, 0.1) is 12.2 Å². The molecule has 0 aliphatic carbocycles. The van der Waals surface area contributed by atoms with Gasteiger partial charge < -0.3 is 0 Å². The normalized spacial score (nSPS) is 11.5. The topological polar surface area (TPSA) is 95.5 Å². The van der Waals surface area contributed by atoms with Gasteiger partial charge in [-0.05, 0) is 35.6 Å². The summed E-state index contributed by atoms with van der Waals surface area (Å²) in [6, 6.07) is 12.1. The first-order valence-corrected chi connectivity index (χ1v) is 12.7. The summed E-state index contributed by atoms with van der Waals surface area (Å²) in [5.74, 6) is -0.142. The fraction of sp³-hybridized carbons (Fsp3) is 0.250. The Morgan fingerprint density at radius 2 is 1.81 bits per heavy atom. The molecular weight excluding hydrogens is 473 g/mol. The highest BCUT2D eigenvalue weighted by Crippen LogP contribution is 2.27. The van der Waals surface area contributed by atoms with E-state index in [1.807, 2.05) is 6.92 Å². The molecule has 0 unspecified atom stereocenters. The van der Waals surface area contributed by atoms with Gasteiger partial charge in [0.15, 0.2) is 4.34 Å². The average Bonchev–Trinajstić information content (AvgIpc) is 3.20. The Balaban J connectivity index is 1.78. The van der Waals surface area contributed by atoms with Crippen LogP contribution in [0.2, 0.25) is 0 Å². The van der Waals surface area contributed by atoms with Crippen molar-refractivity contribution >= 4 is 50.0 Å². The van der Waals surface area contributed by atoms with Gasteiger partial charge in [0, 0.05) is 19.7 Å². The third kappa shape index (κ3) is 5.63. The number of nitrogens with zero attached hydrogens (tertiary/aromatic N) is 4. The van der Waals surface area contributed by atoms with Gasteiger partial charge in [-0.1, -0.05) is 54.3 Å². The summed E-state index contributed by atoms with van der Waals surface area (Å²) in [6.45, 7) is 1.90. The molecule has 3 rings (SSSR count). The van der Waals surface area contributed by atoms with E-state index in [0.29, 0.717) is 16.3 Å². The predicted molar refractivity (Wildman–Crippen MR) is 126 cm³/mol. The smallest absolute Gasteiger partial charge is 0.296 e. The predicted octanol–water partition coefficient (Wildman–Crippen LogP) is 3.85. The monoisotopic (exact) mass is 495 g/mol. The lowest BCUT2D eigenvalue weighted by Crippen LogP contribution is -2.40. The first-order valence-electron chi connectivity index (χ1n) is 9.53. The Kier molecular flexibility index (Phi) is 7.82. The summed E-state index contributed by atoms with van der Waals surface area (Å²) < 4.78 is 42.8. The largest absolute Gasteiger partial charge is 0.303 e. The molecule has 3 aromatic rings. The Morgan fingerprint density at radius 1 is 1.12 bits per heavy atom. The van der Waals surface area contributed by atoms with Crippen molar-refractivity contribution in [3.05, 3.63) is 65.5 Å². The molecule has 0 saturated heterocycles. The fourth-order valence-electron chi connectivity index (χ4n) is 2.68. The number of halogens is 1. The van der Waals surface area contributed by atoms with E-state index in [1.165, 1.54) is 55.4 Å². The number of anilines is 2. The molecule has 1 N–H and O–H groups in total. The minimum atomic E-state index is -3.95. The van der Waals surface area contributed by atoms with Gasteiger partial charge in [0.25, 0.3) is 5.91 Å². The van der Waals surface area contributed by atoms with Crippen molar-refractivity contribution in [3.63, 3.8) is 0 Å². The van der Waals surface area contributed by atoms with Crippen LogP contribution in [-0.2, 0) is 16.8 Å². The molecule has 0 spiro atoms. The van der Waals surface area contributed by atoms with Gasteiger partial charge in [-0.25, -0.2) is 4.39 Å². The molecule has 0 saturated carbocycles. The lowest BCUT2D eigenvalue weighted by Gasteiger charge is -2.27. The quantitative estimate of drug-likeness (QED) is 0.358. The number of para-hydroxylation sites is 1. The average molecular weight is 496 g/mol. The number of rotatable bonds is 9. The van der Waals surface area contributed by atoms with Crippen molar-refractivity contribution in [2.75, 3.05) is 29.5 Å². The number of aromatic nitrogens is 2. The molecule has 12 heteroatoms. The summed E-state index contributed by atoms with van der Waals surface area (Å²) >= 11 is 2.83. The molecule has 8 nitrogen and oxygen atoms in total. The van der Waals surface area contributed by atoms with E-state index < -0.39 is 16.0 Å². The molecule has 2 aromatic carbocycles. The minimum absolute atomic E-state index is 0.0555. The van der Waals surface area contributed by atoms with E-state index in [2.05, 4.69) is 15.5 Å². The number of carbonyl (C=O) groups is 1. The lowest BCUT2D eigenvalue weighted by molar-refractivity contribution is 0.102. The third-order valence-corrected chi connectivity index (χ3v) is 7.96. The van der Waals surface area contributed by atoms with Crippen molar-refractivity contribution in [2.45, 2.75) is 17.8 Å². The van der Waals surface area contributed by atoms with E-state index in [4.69, 9.17) is 0 Å². The first kappa shape index (κ1) is 24.1. The second-order valence-corrected chi connectivity index (χ2v) is 11.3. The van der Waals surface area contributed by atoms with E-state index in [9.17, 15) is 17.6 Å². The Hall–Kier alpha value is -2.54. The molecule has 0 bridgehead atoms. The first-order chi connectivity index (χ1) is 15.2. The molecule has 0 fully saturated rings. The van der Waals surface area contributed by atoms with Crippen LogP contribution in [0.5, 0.6) is 0 Å². The second-order valence-electron chi connectivity index (χ2n) is 6.71. The van der Waals surface area contributed by atoms with E-state index >= 15 is 0 Å². The van der Waals surface area contributed by atoms with Crippen molar-refractivity contribution in [3.8, 4) is 0 Å². The van der Waals surface area contributed by atoms with Gasteiger partial charge >= 0.3 is 10.2 Å². The highest BCUT2D eigenvalue weighted by Gasteiger charge is 2.27. The van der Waals surface area contributed by atoms with Crippen LogP contribution < -0.4 is 9.62 Å². The van der Waals surface area contributed by atoms with Crippen LogP contribution in [0.25, 0.3) is 0 Å². The van der Waals surface area contributed by atoms with Gasteiger partial charge in [-0.2, -0.15) is 12.7 Å². The van der Waals surface area contributed by atoms with Gasteiger partial charge in [0.1, 0.15) is 5.82 Å². The lowest BCUT2D eigenvalue weighted by atomic mass is 10.1. The van der Waals surface area contributed by atoms with Gasteiger partial charge in [-0.15, -0.1) is 10.2 Å². The summed E-state index contributed by atoms with van der Waals surface area (Å²) in [7, 11) is -1.18.